The van der Waals surface area contributed by atoms with Crippen LogP contribution in [0.15, 0.2) is 4.47 Å². The highest BCUT2D eigenvalue weighted by Gasteiger charge is 2.43. The largest absolute Gasteiger partial charge is 0.480 e. The van der Waals surface area contributed by atoms with Crippen molar-refractivity contribution in [3.63, 3.8) is 0 Å². The number of carbonyl (C=O) groups is 1. The van der Waals surface area contributed by atoms with E-state index in [1.807, 2.05) is 18.5 Å². The summed E-state index contributed by atoms with van der Waals surface area (Å²) >= 11 is 3.47. The molecule has 0 saturated heterocycles. The third-order valence-electron chi connectivity index (χ3n) is 3.53. The van der Waals surface area contributed by atoms with Crippen LogP contribution in [0.1, 0.15) is 36.7 Å². The molecule has 17 heavy (non-hydrogen) atoms. The number of rotatable bonds is 2. The average Bonchev–Trinajstić information content (AvgIpc) is 2.77. The molecule has 94 valence electrons. The van der Waals surface area contributed by atoms with Crippen LogP contribution in [0.2, 0.25) is 0 Å². The average molecular weight is 302 g/mol. The molecule has 5 nitrogen and oxygen atoms in total. The Hall–Kier alpha value is -0.880. The van der Waals surface area contributed by atoms with Gasteiger partial charge in [-0.3, -0.25) is 9.48 Å². The molecule has 1 aromatic heterocycles. The number of carboxylic acids is 1. The first-order valence-electron chi connectivity index (χ1n) is 5.58. The van der Waals surface area contributed by atoms with Gasteiger partial charge in [-0.1, -0.05) is 0 Å². The Labute approximate surface area is 108 Å². The van der Waals surface area contributed by atoms with Gasteiger partial charge in [0.2, 0.25) is 0 Å². The van der Waals surface area contributed by atoms with Gasteiger partial charge in [0.05, 0.1) is 21.9 Å². The maximum absolute atomic E-state index is 11.1. The normalized spacial score (nSPS) is 28.6. The highest BCUT2D eigenvalue weighted by atomic mass is 79.9. The van der Waals surface area contributed by atoms with Crippen LogP contribution in [0.5, 0.6) is 0 Å². The molecule has 0 radical (unpaired) electrons. The van der Waals surface area contributed by atoms with E-state index in [1.165, 1.54) is 0 Å². The molecule has 1 aliphatic carbocycles. The van der Waals surface area contributed by atoms with Crippen molar-refractivity contribution in [3.05, 3.63) is 15.9 Å². The van der Waals surface area contributed by atoms with Gasteiger partial charge in [0.15, 0.2) is 0 Å². The van der Waals surface area contributed by atoms with Crippen molar-refractivity contribution in [2.24, 2.45) is 5.73 Å². The Morgan fingerprint density at radius 1 is 1.65 bits per heavy atom. The molecule has 0 aromatic carbocycles. The fourth-order valence-electron chi connectivity index (χ4n) is 2.45. The maximum atomic E-state index is 11.1. The third kappa shape index (κ3) is 1.99. The summed E-state index contributed by atoms with van der Waals surface area (Å²) in [6, 6.07) is 0.0844. The lowest BCUT2D eigenvalue weighted by Crippen LogP contribution is -2.45. The second-order valence-corrected chi connectivity index (χ2v) is 5.58. The topological polar surface area (TPSA) is 81.1 Å². The van der Waals surface area contributed by atoms with E-state index in [2.05, 4.69) is 21.0 Å². The summed E-state index contributed by atoms with van der Waals surface area (Å²) in [7, 11) is 0. The highest BCUT2D eigenvalue weighted by Crippen LogP contribution is 2.38. The fourth-order valence-corrected chi connectivity index (χ4v) is 2.71. The van der Waals surface area contributed by atoms with Crippen molar-refractivity contribution in [1.82, 2.24) is 9.78 Å². The van der Waals surface area contributed by atoms with Gasteiger partial charge in [-0.15, -0.1) is 0 Å². The standard InChI is InChI=1S/C11H16BrN3O2/c1-6-9(12)7(2)15(14-6)8-3-4-11(13,5-8)10(16)17/h8H,3-5,13H2,1-2H3,(H,16,17). The predicted molar refractivity (Wildman–Crippen MR) is 66.8 cm³/mol. The lowest BCUT2D eigenvalue weighted by Gasteiger charge is -2.18. The van der Waals surface area contributed by atoms with Crippen LogP contribution < -0.4 is 5.73 Å². The van der Waals surface area contributed by atoms with Crippen LogP contribution in [0, 0.1) is 13.8 Å². The summed E-state index contributed by atoms with van der Waals surface area (Å²) in [5.74, 6) is -0.916. The van der Waals surface area contributed by atoms with Crippen molar-refractivity contribution in [2.45, 2.75) is 44.7 Å². The molecule has 1 aliphatic rings. The quantitative estimate of drug-likeness (QED) is 0.872. The minimum atomic E-state index is -1.09. The number of aryl methyl sites for hydroxylation is 1. The monoisotopic (exact) mass is 301 g/mol. The molecule has 1 aromatic rings. The first-order valence-corrected chi connectivity index (χ1v) is 6.38. The Balaban J connectivity index is 2.27. The summed E-state index contributed by atoms with van der Waals surface area (Å²) in [5.41, 5.74) is 6.73. The van der Waals surface area contributed by atoms with Crippen LogP contribution in [0.25, 0.3) is 0 Å². The molecule has 2 atom stereocenters. The Morgan fingerprint density at radius 2 is 2.29 bits per heavy atom. The number of hydrogen-bond donors (Lipinski definition) is 2. The number of aromatic nitrogens is 2. The molecule has 3 N–H and O–H groups in total. The molecular formula is C11H16BrN3O2. The molecule has 0 amide bonds. The minimum Gasteiger partial charge on any atom is -0.480 e. The minimum absolute atomic E-state index is 0.0844. The zero-order chi connectivity index (χ0) is 12.8. The van der Waals surface area contributed by atoms with Crippen LogP contribution in [0.4, 0.5) is 0 Å². The summed E-state index contributed by atoms with van der Waals surface area (Å²) in [4.78, 5) is 11.1. The van der Waals surface area contributed by atoms with Gasteiger partial charge in [0.25, 0.3) is 0 Å². The van der Waals surface area contributed by atoms with E-state index in [-0.39, 0.29) is 6.04 Å². The summed E-state index contributed by atoms with van der Waals surface area (Å²) in [5, 5.41) is 13.5. The second kappa shape index (κ2) is 4.10. The number of hydrogen-bond acceptors (Lipinski definition) is 3. The van der Waals surface area contributed by atoms with E-state index in [1.54, 1.807) is 0 Å². The van der Waals surface area contributed by atoms with Crippen molar-refractivity contribution < 1.29 is 9.90 Å². The van der Waals surface area contributed by atoms with Crippen molar-refractivity contribution >= 4 is 21.9 Å². The molecule has 1 fully saturated rings. The third-order valence-corrected chi connectivity index (χ3v) is 4.68. The van der Waals surface area contributed by atoms with Gasteiger partial charge in [-0.2, -0.15) is 5.10 Å². The molecule has 2 unspecified atom stereocenters. The van der Waals surface area contributed by atoms with E-state index in [0.29, 0.717) is 12.8 Å². The number of nitrogens with zero attached hydrogens (tertiary/aromatic N) is 2. The summed E-state index contributed by atoms with van der Waals surface area (Å²) < 4.78 is 2.89. The van der Waals surface area contributed by atoms with Gasteiger partial charge in [0, 0.05) is 0 Å². The van der Waals surface area contributed by atoms with Crippen LogP contribution in [0.3, 0.4) is 0 Å². The van der Waals surface area contributed by atoms with Gasteiger partial charge in [-0.25, -0.2) is 0 Å². The van der Waals surface area contributed by atoms with E-state index in [9.17, 15) is 4.79 Å². The van der Waals surface area contributed by atoms with Gasteiger partial charge in [0.1, 0.15) is 5.54 Å². The summed E-state index contributed by atoms with van der Waals surface area (Å²) in [6.45, 7) is 3.90. The zero-order valence-electron chi connectivity index (χ0n) is 9.90. The lowest BCUT2D eigenvalue weighted by molar-refractivity contribution is -0.143. The Bertz CT molecular complexity index is 472. The fraction of sp³-hybridized carbons (Fsp3) is 0.636. The Kier molecular flexibility index (Phi) is 3.03. The van der Waals surface area contributed by atoms with Crippen molar-refractivity contribution in [3.8, 4) is 0 Å². The second-order valence-electron chi connectivity index (χ2n) is 4.79. The molecule has 1 heterocycles. The van der Waals surface area contributed by atoms with Crippen molar-refractivity contribution in [1.29, 1.82) is 0 Å². The number of carboxylic acid groups (broad SMARTS) is 1. The van der Waals surface area contributed by atoms with Gasteiger partial charge < -0.3 is 10.8 Å². The highest BCUT2D eigenvalue weighted by molar-refractivity contribution is 9.10. The molecule has 0 spiro atoms. The molecule has 0 bridgehead atoms. The van der Waals surface area contributed by atoms with E-state index >= 15 is 0 Å². The molecule has 2 rings (SSSR count). The first-order chi connectivity index (χ1) is 7.85. The SMILES string of the molecule is Cc1nn(C2CCC(N)(C(=O)O)C2)c(C)c1Br. The van der Waals surface area contributed by atoms with Crippen LogP contribution >= 0.6 is 15.9 Å². The molecule has 1 saturated carbocycles. The van der Waals surface area contributed by atoms with E-state index < -0.39 is 11.5 Å². The molecule has 6 heteroatoms. The van der Waals surface area contributed by atoms with E-state index in [4.69, 9.17) is 10.8 Å². The predicted octanol–water partition coefficient (Wildman–Crippen LogP) is 1.77. The summed E-state index contributed by atoms with van der Waals surface area (Å²) in [6.07, 6.45) is 1.71. The van der Waals surface area contributed by atoms with Crippen LogP contribution in [-0.2, 0) is 4.79 Å². The maximum Gasteiger partial charge on any atom is 0.323 e. The van der Waals surface area contributed by atoms with Crippen LogP contribution in [-0.4, -0.2) is 26.4 Å². The zero-order valence-corrected chi connectivity index (χ0v) is 11.5. The number of halogens is 1. The molecular weight excluding hydrogens is 286 g/mol. The van der Waals surface area contributed by atoms with Crippen molar-refractivity contribution in [2.75, 3.05) is 0 Å². The van der Waals surface area contributed by atoms with Gasteiger partial charge in [-0.05, 0) is 49.0 Å². The van der Waals surface area contributed by atoms with E-state index in [0.717, 1.165) is 22.3 Å². The smallest absolute Gasteiger partial charge is 0.323 e. The van der Waals surface area contributed by atoms with Gasteiger partial charge >= 0.3 is 5.97 Å². The Morgan fingerprint density at radius 3 is 2.71 bits per heavy atom. The molecule has 0 aliphatic heterocycles. The lowest BCUT2D eigenvalue weighted by atomic mass is 9.99. The first kappa shape index (κ1) is 12.6. The number of nitrogens with two attached hydrogens (primary N) is 1. The number of aliphatic carboxylic acids is 1.